The Labute approximate surface area is 123 Å². The summed E-state index contributed by atoms with van der Waals surface area (Å²) in [6, 6.07) is 0. The Morgan fingerprint density at radius 1 is 0.955 bits per heavy atom. The summed E-state index contributed by atoms with van der Waals surface area (Å²) in [7, 11) is 0. The molecule has 1 aliphatic heterocycles. The lowest BCUT2D eigenvalue weighted by Gasteiger charge is -2.21. The summed E-state index contributed by atoms with van der Waals surface area (Å²) in [5, 5.41) is 0. The highest BCUT2D eigenvalue weighted by Gasteiger charge is 2.30. The maximum atomic E-state index is 13.4. The predicted molar refractivity (Wildman–Crippen MR) is 64.7 cm³/mol. The van der Waals surface area contributed by atoms with Gasteiger partial charge in [-0.2, -0.15) is 0 Å². The zero-order chi connectivity index (χ0) is 16.3. The van der Waals surface area contributed by atoms with Gasteiger partial charge in [0.15, 0.2) is 23.3 Å². The molecule has 0 aliphatic carbocycles. The van der Waals surface area contributed by atoms with Crippen molar-refractivity contribution in [3.05, 3.63) is 34.6 Å². The molecule has 8 heteroatoms. The van der Waals surface area contributed by atoms with E-state index < -0.39 is 40.6 Å². The Hall–Kier alpha value is -1.70. The van der Waals surface area contributed by atoms with E-state index in [0.717, 1.165) is 12.8 Å². The van der Waals surface area contributed by atoms with Crippen molar-refractivity contribution in [2.75, 3.05) is 19.8 Å². The van der Waals surface area contributed by atoms with Gasteiger partial charge in [0.05, 0.1) is 6.61 Å². The number of carbonyl (C=O) groups excluding carboxylic acids is 1. The molecule has 1 aromatic carbocycles. The third-order valence-electron chi connectivity index (χ3n) is 3.51. The Morgan fingerprint density at radius 3 is 2.00 bits per heavy atom. The van der Waals surface area contributed by atoms with Gasteiger partial charge in [-0.05, 0) is 25.2 Å². The average Bonchev–Trinajstić information content (AvgIpc) is 2.52. The van der Waals surface area contributed by atoms with E-state index in [4.69, 9.17) is 4.74 Å². The number of hydrogen-bond donors (Lipinski definition) is 0. The first kappa shape index (κ1) is 16.7. The van der Waals surface area contributed by atoms with Crippen molar-refractivity contribution in [2.45, 2.75) is 19.3 Å². The summed E-state index contributed by atoms with van der Waals surface area (Å²) < 4.78 is 75.4. The highest BCUT2D eigenvalue weighted by atomic mass is 19.2. The van der Waals surface area contributed by atoms with Crippen LogP contribution in [0.15, 0.2) is 0 Å². The van der Waals surface area contributed by atoms with Crippen LogP contribution in [0.5, 0.6) is 0 Å². The van der Waals surface area contributed by atoms with Gasteiger partial charge in [0.1, 0.15) is 5.56 Å². The lowest BCUT2D eigenvalue weighted by Crippen LogP contribution is -2.19. The summed E-state index contributed by atoms with van der Waals surface area (Å²) in [5.41, 5.74) is -1.57. The lowest BCUT2D eigenvalue weighted by molar-refractivity contribution is 0.0361. The number of hydrogen-bond acceptors (Lipinski definition) is 3. The fourth-order valence-electron chi connectivity index (χ4n) is 2.21. The fourth-order valence-corrected chi connectivity index (χ4v) is 2.21. The van der Waals surface area contributed by atoms with Gasteiger partial charge in [-0.25, -0.2) is 26.7 Å². The molecular formula is C14H13F5O3. The molecule has 0 amide bonds. The normalized spacial score (nSPS) is 15.9. The maximum Gasteiger partial charge on any atom is 0.344 e. The first-order valence-corrected chi connectivity index (χ1v) is 6.69. The van der Waals surface area contributed by atoms with Crippen molar-refractivity contribution in [3.63, 3.8) is 0 Å². The van der Waals surface area contributed by atoms with E-state index >= 15 is 0 Å². The molecule has 3 nitrogen and oxygen atoms in total. The molecule has 1 aromatic rings. The Kier molecular flexibility index (Phi) is 5.33. The molecule has 0 atom stereocenters. The van der Waals surface area contributed by atoms with Crippen LogP contribution in [0.1, 0.15) is 29.6 Å². The van der Waals surface area contributed by atoms with Crippen LogP contribution in [-0.4, -0.2) is 25.8 Å². The molecule has 0 unspecified atom stereocenters. The molecule has 1 heterocycles. The van der Waals surface area contributed by atoms with E-state index in [1.54, 1.807) is 0 Å². The number of ether oxygens (including phenoxy) is 2. The van der Waals surface area contributed by atoms with E-state index in [1.165, 1.54) is 0 Å². The second-order valence-corrected chi connectivity index (χ2v) is 4.93. The van der Waals surface area contributed by atoms with Gasteiger partial charge >= 0.3 is 5.97 Å². The Bertz CT molecular complexity index is 541. The highest BCUT2D eigenvalue weighted by Crippen LogP contribution is 2.24. The Balaban J connectivity index is 2.03. The number of rotatable bonds is 4. The molecule has 0 aromatic heterocycles. The molecule has 0 saturated carbocycles. The third kappa shape index (κ3) is 3.37. The van der Waals surface area contributed by atoms with Crippen molar-refractivity contribution >= 4 is 5.97 Å². The van der Waals surface area contributed by atoms with E-state index in [0.29, 0.717) is 19.6 Å². The second-order valence-electron chi connectivity index (χ2n) is 4.93. The first-order valence-electron chi connectivity index (χ1n) is 6.69. The van der Waals surface area contributed by atoms with Crippen LogP contribution in [0.4, 0.5) is 22.0 Å². The molecule has 1 saturated heterocycles. The summed E-state index contributed by atoms with van der Waals surface area (Å²) in [4.78, 5) is 11.6. The van der Waals surface area contributed by atoms with E-state index in [-0.39, 0.29) is 12.5 Å². The number of halogens is 5. The number of esters is 1. The van der Waals surface area contributed by atoms with Crippen LogP contribution in [-0.2, 0) is 9.47 Å². The van der Waals surface area contributed by atoms with Gasteiger partial charge in [0, 0.05) is 13.2 Å². The van der Waals surface area contributed by atoms with E-state index in [2.05, 4.69) is 4.74 Å². The predicted octanol–water partition coefficient (Wildman–Crippen LogP) is 3.36. The molecule has 0 spiro atoms. The van der Waals surface area contributed by atoms with E-state index in [9.17, 15) is 26.7 Å². The zero-order valence-corrected chi connectivity index (χ0v) is 11.4. The van der Waals surface area contributed by atoms with Crippen molar-refractivity contribution in [2.24, 2.45) is 5.92 Å². The molecule has 0 radical (unpaired) electrons. The summed E-state index contributed by atoms with van der Waals surface area (Å²) in [6.45, 7) is 0.996. The van der Waals surface area contributed by atoms with Gasteiger partial charge in [0.2, 0.25) is 5.82 Å². The van der Waals surface area contributed by atoms with Crippen LogP contribution < -0.4 is 0 Å². The zero-order valence-electron chi connectivity index (χ0n) is 11.4. The second kappa shape index (κ2) is 7.04. The van der Waals surface area contributed by atoms with Gasteiger partial charge in [0.25, 0.3) is 0 Å². The molecule has 122 valence electrons. The minimum atomic E-state index is -2.31. The van der Waals surface area contributed by atoms with Gasteiger partial charge in [-0.3, -0.25) is 0 Å². The minimum Gasteiger partial charge on any atom is -0.462 e. The van der Waals surface area contributed by atoms with Crippen LogP contribution >= 0.6 is 0 Å². The third-order valence-corrected chi connectivity index (χ3v) is 3.51. The maximum absolute atomic E-state index is 13.4. The molecule has 0 bridgehead atoms. The monoisotopic (exact) mass is 324 g/mol. The van der Waals surface area contributed by atoms with Crippen LogP contribution in [0.2, 0.25) is 0 Å². The standard InChI is InChI=1S/C14H13F5O3/c15-9-8(10(16)12(18)13(19)11(9)17)14(20)22-6-3-7-1-4-21-5-2-7/h7H,1-6H2. The van der Waals surface area contributed by atoms with E-state index in [1.807, 2.05) is 0 Å². The summed E-state index contributed by atoms with van der Waals surface area (Å²) in [6.07, 6.45) is 1.96. The summed E-state index contributed by atoms with van der Waals surface area (Å²) >= 11 is 0. The largest absolute Gasteiger partial charge is 0.462 e. The van der Waals surface area contributed by atoms with Crippen LogP contribution in [0.25, 0.3) is 0 Å². The average molecular weight is 324 g/mol. The van der Waals surface area contributed by atoms with Crippen LogP contribution in [0.3, 0.4) is 0 Å². The highest BCUT2D eigenvalue weighted by molar-refractivity contribution is 5.90. The topological polar surface area (TPSA) is 35.5 Å². The molecule has 0 N–H and O–H groups in total. The SMILES string of the molecule is O=C(OCCC1CCOCC1)c1c(F)c(F)c(F)c(F)c1F. The number of benzene rings is 1. The Morgan fingerprint density at radius 2 is 1.45 bits per heavy atom. The quantitative estimate of drug-likeness (QED) is 0.369. The lowest BCUT2D eigenvalue weighted by atomic mass is 9.97. The molecule has 22 heavy (non-hydrogen) atoms. The van der Waals surface area contributed by atoms with Crippen molar-refractivity contribution in [1.82, 2.24) is 0 Å². The number of carbonyl (C=O) groups is 1. The first-order chi connectivity index (χ1) is 10.4. The molecule has 2 rings (SSSR count). The van der Waals surface area contributed by atoms with Crippen molar-refractivity contribution in [3.8, 4) is 0 Å². The fraction of sp³-hybridized carbons (Fsp3) is 0.500. The van der Waals surface area contributed by atoms with Gasteiger partial charge < -0.3 is 9.47 Å². The minimum absolute atomic E-state index is 0.164. The van der Waals surface area contributed by atoms with Crippen molar-refractivity contribution < 1.29 is 36.2 Å². The van der Waals surface area contributed by atoms with Gasteiger partial charge in [-0.1, -0.05) is 0 Å². The molecule has 1 aliphatic rings. The smallest absolute Gasteiger partial charge is 0.344 e. The molecular weight excluding hydrogens is 311 g/mol. The molecule has 1 fully saturated rings. The van der Waals surface area contributed by atoms with Crippen LogP contribution in [0, 0.1) is 35.0 Å². The van der Waals surface area contributed by atoms with Crippen molar-refractivity contribution in [1.29, 1.82) is 0 Å². The van der Waals surface area contributed by atoms with Gasteiger partial charge in [-0.15, -0.1) is 0 Å². The summed E-state index contributed by atoms with van der Waals surface area (Å²) in [5.74, 6) is -12.4.